The van der Waals surface area contributed by atoms with Gasteiger partial charge in [-0.05, 0) is 26.7 Å². The minimum atomic E-state index is -0.759. The van der Waals surface area contributed by atoms with E-state index in [4.69, 9.17) is 10.5 Å². The Kier molecular flexibility index (Phi) is 5.24. The third-order valence-corrected chi connectivity index (χ3v) is 2.67. The van der Waals surface area contributed by atoms with Gasteiger partial charge in [-0.25, -0.2) is 0 Å². The average Bonchev–Trinajstić information content (AvgIpc) is 2.15. The second-order valence-corrected chi connectivity index (χ2v) is 4.63. The van der Waals surface area contributed by atoms with E-state index in [1.165, 1.54) is 0 Å². The Morgan fingerprint density at radius 2 is 1.80 bits per heavy atom. The number of hydrogen-bond donors (Lipinski definition) is 2. The van der Waals surface area contributed by atoms with Gasteiger partial charge in [0.15, 0.2) is 0 Å². The lowest BCUT2D eigenvalue weighted by Gasteiger charge is -2.32. The van der Waals surface area contributed by atoms with Crippen molar-refractivity contribution in [2.45, 2.75) is 51.6 Å². The Morgan fingerprint density at radius 1 is 1.33 bits per heavy atom. The fraction of sp³-hybridized carbons (Fsp3) is 0.909. The SMILES string of the molecule is CCC(N)(CC)C(=O)NC(C)(C)COC. The van der Waals surface area contributed by atoms with Crippen molar-refractivity contribution in [2.24, 2.45) is 5.73 Å². The lowest BCUT2D eigenvalue weighted by Crippen LogP contribution is -2.59. The molecule has 15 heavy (non-hydrogen) atoms. The first-order valence-corrected chi connectivity index (χ1v) is 5.41. The van der Waals surface area contributed by atoms with Crippen molar-refractivity contribution in [1.29, 1.82) is 0 Å². The van der Waals surface area contributed by atoms with Crippen LogP contribution in [0.4, 0.5) is 0 Å². The number of rotatable bonds is 6. The van der Waals surface area contributed by atoms with Gasteiger partial charge in [0.1, 0.15) is 0 Å². The zero-order valence-electron chi connectivity index (χ0n) is 10.5. The zero-order chi connectivity index (χ0) is 12.1. The maximum Gasteiger partial charge on any atom is 0.240 e. The normalized spacial score (nSPS) is 12.7. The zero-order valence-corrected chi connectivity index (χ0v) is 10.5. The van der Waals surface area contributed by atoms with Gasteiger partial charge in [0.25, 0.3) is 0 Å². The highest BCUT2D eigenvalue weighted by Gasteiger charge is 2.33. The number of carbonyl (C=O) groups excluding carboxylic acids is 1. The van der Waals surface area contributed by atoms with Gasteiger partial charge in [-0.3, -0.25) is 4.79 Å². The molecular weight excluding hydrogens is 192 g/mol. The molecule has 90 valence electrons. The van der Waals surface area contributed by atoms with Crippen LogP contribution in [-0.2, 0) is 9.53 Å². The number of methoxy groups -OCH3 is 1. The smallest absolute Gasteiger partial charge is 0.240 e. The van der Waals surface area contributed by atoms with E-state index in [2.05, 4.69) is 5.32 Å². The van der Waals surface area contributed by atoms with Crippen molar-refractivity contribution in [3.63, 3.8) is 0 Å². The first-order valence-electron chi connectivity index (χ1n) is 5.41. The summed E-state index contributed by atoms with van der Waals surface area (Å²) in [6, 6.07) is 0. The van der Waals surface area contributed by atoms with Gasteiger partial charge >= 0.3 is 0 Å². The molecule has 4 heteroatoms. The molecule has 4 nitrogen and oxygen atoms in total. The van der Waals surface area contributed by atoms with Crippen molar-refractivity contribution in [1.82, 2.24) is 5.32 Å². The van der Waals surface area contributed by atoms with Gasteiger partial charge < -0.3 is 15.8 Å². The molecule has 3 N–H and O–H groups in total. The Bertz CT molecular complexity index is 211. The first kappa shape index (κ1) is 14.4. The van der Waals surface area contributed by atoms with E-state index >= 15 is 0 Å². The molecule has 0 bridgehead atoms. The highest BCUT2D eigenvalue weighted by atomic mass is 16.5. The molecule has 0 saturated heterocycles. The molecule has 0 aromatic heterocycles. The van der Waals surface area contributed by atoms with Crippen LogP contribution in [0.25, 0.3) is 0 Å². The maximum atomic E-state index is 11.9. The predicted molar refractivity (Wildman–Crippen MR) is 61.6 cm³/mol. The van der Waals surface area contributed by atoms with Gasteiger partial charge in [0.2, 0.25) is 5.91 Å². The van der Waals surface area contributed by atoms with Gasteiger partial charge in [0, 0.05) is 7.11 Å². The Hall–Kier alpha value is -0.610. The van der Waals surface area contributed by atoms with Gasteiger partial charge in [-0.1, -0.05) is 13.8 Å². The average molecular weight is 216 g/mol. The summed E-state index contributed by atoms with van der Waals surface area (Å²) in [4.78, 5) is 11.9. The molecule has 0 saturated carbocycles. The summed E-state index contributed by atoms with van der Waals surface area (Å²) in [7, 11) is 1.61. The van der Waals surface area contributed by atoms with Crippen LogP contribution in [0.1, 0.15) is 40.5 Å². The predicted octanol–water partition coefficient (Wildman–Crippen LogP) is 1.05. The Balaban J connectivity index is 4.47. The molecule has 0 aromatic carbocycles. The van der Waals surface area contributed by atoms with Crippen LogP contribution in [-0.4, -0.2) is 30.7 Å². The summed E-state index contributed by atoms with van der Waals surface area (Å²) >= 11 is 0. The minimum Gasteiger partial charge on any atom is -0.382 e. The third-order valence-electron chi connectivity index (χ3n) is 2.67. The molecule has 0 fully saturated rings. The van der Waals surface area contributed by atoms with Crippen LogP contribution in [0.2, 0.25) is 0 Å². The van der Waals surface area contributed by atoms with E-state index in [-0.39, 0.29) is 11.4 Å². The van der Waals surface area contributed by atoms with Crippen molar-refractivity contribution in [3.05, 3.63) is 0 Å². The van der Waals surface area contributed by atoms with E-state index < -0.39 is 5.54 Å². The molecule has 0 aromatic rings. The summed E-state index contributed by atoms with van der Waals surface area (Å²) in [5, 5.41) is 2.91. The fourth-order valence-corrected chi connectivity index (χ4v) is 1.40. The Morgan fingerprint density at radius 3 is 2.13 bits per heavy atom. The summed E-state index contributed by atoms with van der Waals surface area (Å²) in [5.41, 5.74) is 4.86. The van der Waals surface area contributed by atoms with Gasteiger partial charge in [-0.2, -0.15) is 0 Å². The van der Waals surface area contributed by atoms with Gasteiger partial charge in [0.05, 0.1) is 17.7 Å². The molecule has 0 radical (unpaired) electrons. The van der Waals surface area contributed by atoms with E-state index in [0.717, 1.165) is 0 Å². The second-order valence-electron chi connectivity index (χ2n) is 4.63. The quantitative estimate of drug-likeness (QED) is 0.697. The molecule has 0 aliphatic heterocycles. The number of nitrogens with one attached hydrogen (secondary N) is 1. The minimum absolute atomic E-state index is 0.102. The van der Waals surface area contributed by atoms with Crippen LogP contribution in [0.3, 0.4) is 0 Å². The van der Waals surface area contributed by atoms with E-state index in [1.807, 2.05) is 27.7 Å². The van der Waals surface area contributed by atoms with Gasteiger partial charge in [-0.15, -0.1) is 0 Å². The van der Waals surface area contributed by atoms with E-state index in [1.54, 1.807) is 7.11 Å². The molecule has 0 aliphatic rings. The van der Waals surface area contributed by atoms with Crippen molar-refractivity contribution >= 4 is 5.91 Å². The summed E-state index contributed by atoms with van der Waals surface area (Å²) in [6.45, 7) is 8.15. The molecule has 0 aliphatic carbocycles. The van der Waals surface area contributed by atoms with Crippen LogP contribution in [0.15, 0.2) is 0 Å². The third kappa shape index (κ3) is 4.18. The molecule has 0 rings (SSSR count). The molecule has 0 unspecified atom stereocenters. The highest BCUT2D eigenvalue weighted by Crippen LogP contribution is 2.13. The summed E-state index contributed by atoms with van der Waals surface area (Å²) in [6.07, 6.45) is 1.27. The van der Waals surface area contributed by atoms with Crippen molar-refractivity contribution in [3.8, 4) is 0 Å². The number of nitrogens with two attached hydrogens (primary N) is 1. The lowest BCUT2D eigenvalue weighted by molar-refractivity contribution is -0.128. The Labute approximate surface area is 92.6 Å². The summed E-state index contributed by atoms with van der Waals surface area (Å²) < 4.78 is 5.03. The molecule has 0 heterocycles. The first-order chi connectivity index (χ1) is 6.81. The second kappa shape index (κ2) is 5.47. The van der Waals surface area contributed by atoms with Crippen molar-refractivity contribution < 1.29 is 9.53 Å². The molecule has 0 atom stereocenters. The number of ether oxygens (including phenoxy) is 1. The number of amides is 1. The monoisotopic (exact) mass is 216 g/mol. The molecular formula is C11H24N2O2. The largest absolute Gasteiger partial charge is 0.382 e. The fourth-order valence-electron chi connectivity index (χ4n) is 1.40. The standard InChI is InChI=1S/C11H24N2O2/c1-6-11(12,7-2)9(14)13-10(3,4)8-15-5/h6-8,12H2,1-5H3,(H,13,14). The number of hydrogen-bond acceptors (Lipinski definition) is 3. The highest BCUT2D eigenvalue weighted by molar-refractivity contribution is 5.86. The van der Waals surface area contributed by atoms with Crippen LogP contribution >= 0.6 is 0 Å². The van der Waals surface area contributed by atoms with E-state index in [9.17, 15) is 4.79 Å². The van der Waals surface area contributed by atoms with E-state index in [0.29, 0.717) is 19.4 Å². The van der Waals surface area contributed by atoms with Crippen LogP contribution < -0.4 is 11.1 Å². The topological polar surface area (TPSA) is 64.4 Å². The van der Waals surface area contributed by atoms with Crippen LogP contribution in [0.5, 0.6) is 0 Å². The maximum absolute atomic E-state index is 11.9. The van der Waals surface area contributed by atoms with Crippen LogP contribution in [0, 0.1) is 0 Å². The summed E-state index contributed by atoms with van der Waals surface area (Å²) in [5.74, 6) is -0.102. The molecule has 0 spiro atoms. The molecule has 1 amide bonds. The lowest BCUT2D eigenvalue weighted by atomic mass is 9.91. The number of carbonyl (C=O) groups is 1. The van der Waals surface area contributed by atoms with Crippen molar-refractivity contribution in [2.75, 3.05) is 13.7 Å².